The fraction of sp³-hybridized carbons (Fsp3) is 0.500. The van der Waals surface area contributed by atoms with Gasteiger partial charge >= 0.3 is 0 Å². The van der Waals surface area contributed by atoms with Crippen LogP contribution in [0, 0.1) is 5.82 Å². The van der Waals surface area contributed by atoms with E-state index in [2.05, 4.69) is 29.2 Å². The third kappa shape index (κ3) is 4.42. The SMILES string of the molecule is CCN(CC)CCNC(=O)[C@@H]1CC(c2c(F)cccc2Cl)=NO1. The summed E-state index contributed by atoms with van der Waals surface area (Å²) in [4.78, 5) is 19.4. The van der Waals surface area contributed by atoms with E-state index in [1.165, 1.54) is 12.1 Å². The molecule has 2 rings (SSSR count). The molecule has 1 aliphatic heterocycles. The van der Waals surface area contributed by atoms with E-state index in [9.17, 15) is 9.18 Å². The van der Waals surface area contributed by atoms with Crippen molar-refractivity contribution in [1.29, 1.82) is 0 Å². The standard InChI is InChI=1S/C16H21ClFN3O2/c1-3-21(4-2)9-8-19-16(22)14-10-13(20-23-14)15-11(17)6-5-7-12(15)18/h5-7,14H,3-4,8-10H2,1-2H3,(H,19,22)/t14-/m0/s1. The van der Waals surface area contributed by atoms with Gasteiger partial charge in [0, 0.05) is 19.5 Å². The van der Waals surface area contributed by atoms with Gasteiger partial charge in [-0.2, -0.15) is 0 Å². The summed E-state index contributed by atoms with van der Waals surface area (Å²) < 4.78 is 13.9. The quantitative estimate of drug-likeness (QED) is 0.828. The molecule has 23 heavy (non-hydrogen) atoms. The summed E-state index contributed by atoms with van der Waals surface area (Å²) in [6.07, 6.45) is -0.532. The molecular formula is C16H21ClFN3O2. The Morgan fingerprint density at radius 2 is 2.22 bits per heavy atom. The van der Waals surface area contributed by atoms with E-state index in [-0.39, 0.29) is 22.9 Å². The van der Waals surface area contributed by atoms with E-state index in [0.717, 1.165) is 19.6 Å². The zero-order valence-corrected chi connectivity index (χ0v) is 14.1. The minimum absolute atomic E-state index is 0.201. The van der Waals surface area contributed by atoms with Crippen molar-refractivity contribution >= 4 is 23.2 Å². The number of hydrogen-bond donors (Lipinski definition) is 1. The Morgan fingerprint density at radius 1 is 1.48 bits per heavy atom. The summed E-state index contributed by atoms with van der Waals surface area (Å²) >= 11 is 6.00. The predicted molar refractivity (Wildman–Crippen MR) is 88.2 cm³/mol. The van der Waals surface area contributed by atoms with Crippen LogP contribution in [-0.4, -0.2) is 48.8 Å². The third-order valence-electron chi connectivity index (χ3n) is 3.83. The molecule has 0 unspecified atom stereocenters. The molecule has 0 aromatic heterocycles. The average Bonchev–Trinajstić information content (AvgIpc) is 3.01. The van der Waals surface area contributed by atoms with E-state index in [1.54, 1.807) is 6.07 Å². The van der Waals surface area contributed by atoms with Gasteiger partial charge in [0.05, 0.1) is 16.3 Å². The number of oxime groups is 1. The van der Waals surface area contributed by atoms with Gasteiger partial charge in [-0.05, 0) is 25.2 Å². The first-order chi connectivity index (χ1) is 11.1. The lowest BCUT2D eigenvalue weighted by Gasteiger charge is -2.18. The largest absolute Gasteiger partial charge is 0.382 e. The second kappa shape index (κ2) is 8.26. The summed E-state index contributed by atoms with van der Waals surface area (Å²) in [5.74, 6) is -0.717. The smallest absolute Gasteiger partial charge is 0.264 e. The van der Waals surface area contributed by atoms with Crippen molar-refractivity contribution in [2.75, 3.05) is 26.2 Å². The fourth-order valence-corrected chi connectivity index (χ4v) is 2.70. The van der Waals surface area contributed by atoms with Crippen LogP contribution in [0.15, 0.2) is 23.4 Å². The van der Waals surface area contributed by atoms with Gasteiger partial charge in [0.25, 0.3) is 5.91 Å². The van der Waals surface area contributed by atoms with Gasteiger partial charge in [0.2, 0.25) is 6.10 Å². The zero-order chi connectivity index (χ0) is 16.8. The third-order valence-corrected chi connectivity index (χ3v) is 4.15. The molecule has 1 aromatic rings. The van der Waals surface area contributed by atoms with Crippen molar-refractivity contribution in [3.05, 3.63) is 34.6 Å². The first-order valence-electron chi connectivity index (χ1n) is 7.73. The summed E-state index contributed by atoms with van der Waals surface area (Å²) in [6, 6.07) is 4.41. The molecule has 1 heterocycles. The van der Waals surface area contributed by atoms with Crippen LogP contribution in [0.4, 0.5) is 4.39 Å². The number of rotatable bonds is 7. The van der Waals surface area contributed by atoms with Crippen molar-refractivity contribution in [1.82, 2.24) is 10.2 Å². The Kier molecular flexibility index (Phi) is 6.36. The number of nitrogens with zero attached hydrogens (tertiary/aromatic N) is 2. The van der Waals surface area contributed by atoms with Gasteiger partial charge in [0.1, 0.15) is 5.82 Å². The van der Waals surface area contributed by atoms with Crippen molar-refractivity contribution in [2.45, 2.75) is 26.4 Å². The molecule has 0 bridgehead atoms. The summed E-state index contributed by atoms with van der Waals surface area (Å²) in [5.41, 5.74) is 0.560. The molecule has 5 nitrogen and oxygen atoms in total. The van der Waals surface area contributed by atoms with Crippen molar-refractivity contribution in [3.63, 3.8) is 0 Å². The number of amides is 1. The molecule has 1 atom stereocenters. The number of carbonyl (C=O) groups is 1. The molecule has 1 amide bonds. The first-order valence-corrected chi connectivity index (χ1v) is 8.11. The molecule has 1 N–H and O–H groups in total. The van der Waals surface area contributed by atoms with Crippen molar-refractivity contribution < 1.29 is 14.0 Å². The van der Waals surface area contributed by atoms with Gasteiger partial charge < -0.3 is 15.1 Å². The zero-order valence-electron chi connectivity index (χ0n) is 13.3. The topological polar surface area (TPSA) is 53.9 Å². The second-order valence-corrected chi connectivity index (χ2v) is 5.66. The molecule has 126 valence electrons. The Labute approximate surface area is 140 Å². The van der Waals surface area contributed by atoms with Crippen molar-refractivity contribution in [2.24, 2.45) is 5.16 Å². The molecule has 1 aromatic carbocycles. The van der Waals surface area contributed by atoms with Gasteiger partial charge in [-0.3, -0.25) is 4.79 Å². The summed E-state index contributed by atoms with van der Waals surface area (Å²) in [7, 11) is 0. The molecule has 0 spiro atoms. The van der Waals surface area contributed by atoms with Crippen LogP contribution < -0.4 is 5.32 Å². The van der Waals surface area contributed by atoms with E-state index in [4.69, 9.17) is 16.4 Å². The van der Waals surface area contributed by atoms with E-state index < -0.39 is 11.9 Å². The van der Waals surface area contributed by atoms with Gasteiger partial charge in [-0.25, -0.2) is 4.39 Å². The second-order valence-electron chi connectivity index (χ2n) is 5.25. The molecular weight excluding hydrogens is 321 g/mol. The maximum atomic E-state index is 13.9. The summed E-state index contributed by atoms with van der Waals surface area (Å²) in [5, 5.41) is 6.91. The van der Waals surface area contributed by atoms with Gasteiger partial charge in [-0.15, -0.1) is 0 Å². The highest BCUT2D eigenvalue weighted by Gasteiger charge is 2.30. The van der Waals surface area contributed by atoms with Crippen LogP contribution in [0.3, 0.4) is 0 Å². The maximum Gasteiger partial charge on any atom is 0.264 e. The number of carbonyl (C=O) groups excluding carboxylic acids is 1. The molecule has 0 saturated carbocycles. The van der Waals surface area contributed by atoms with Gasteiger partial charge in [-0.1, -0.05) is 36.7 Å². The maximum absolute atomic E-state index is 13.9. The highest BCUT2D eigenvalue weighted by atomic mass is 35.5. The van der Waals surface area contributed by atoms with Gasteiger partial charge in [0.15, 0.2) is 0 Å². The molecule has 0 radical (unpaired) electrons. The Bertz CT molecular complexity index is 570. The van der Waals surface area contributed by atoms with Crippen LogP contribution in [0.1, 0.15) is 25.8 Å². The average molecular weight is 342 g/mol. The van der Waals surface area contributed by atoms with Crippen LogP contribution in [0.2, 0.25) is 5.02 Å². The van der Waals surface area contributed by atoms with E-state index >= 15 is 0 Å². The summed E-state index contributed by atoms with van der Waals surface area (Å²) in [6.45, 7) is 7.33. The molecule has 0 aliphatic carbocycles. The Morgan fingerprint density at radius 3 is 2.87 bits per heavy atom. The van der Waals surface area contributed by atoms with E-state index in [1.807, 2.05) is 0 Å². The predicted octanol–water partition coefficient (Wildman–Crippen LogP) is 2.43. The van der Waals surface area contributed by atoms with E-state index in [0.29, 0.717) is 12.3 Å². The number of nitrogens with one attached hydrogen (secondary N) is 1. The van der Waals surface area contributed by atoms with Crippen LogP contribution in [0.5, 0.6) is 0 Å². The van der Waals surface area contributed by atoms with Crippen LogP contribution in [0.25, 0.3) is 0 Å². The number of halogens is 2. The normalized spacial score (nSPS) is 17.1. The van der Waals surface area contributed by atoms with Crippen LogP contribution >= 0.6 is 11.6 Å². The van der Waals surface area contributed by atoms with Crippen molar-refractivity contribution in [3.8, 4) is 0 Å². The molecule has 0 fully saturated rings. The first kappa shape index (κ1) is 17.7. The monoisotopic (exact) mass is 341 g/mol. The fourth-order valence-electron chi connectivity index (χ4n) is 2.43. The minimum atomic E-state index is -0.739. The lowest BCUT2D eigenvalue weighted by atomic mass is 10.0. The molecule has 1 aliphatic rings. The number of hydrogen-bond acceptors (Lipinski definition) is 4. The van der Waals surface area contributed by atoms with Crippen LogP contribution in [-0.2, 0) is 9.63 Å². The lowest BCUT2D eigenvalue weighted by molar-refractivity contribution is -0.131. The Balaban J connectivity index is 1.88. The highest BCUT2D eigenvalue weighted by molar-refractivity contribution is 6.34. The minimum Gasteiger partial charge on any atom is -0.382 e. The number of likely N-dealkylation sites (N-methyl/N-ethyl adjacent to an activating group) is 1. The lowest BCUT2D eigenvalue weighted by Crippen LogP contribution is -2.39. The molecule has 0 saturated heterocycles. The highest BCUT2D eigenvalue weighted by Crippen LogP contribution is 2.25. The molecule has 7 heteroatoms. The Hall–Kier alpha value is -1.66. The number of benzene rings is 1.